The number of nitrogens with two attached hydrogens (primary N) is 1. The number of methoxy groups -OCH3 is 1. The van der Waals surface area contributed by atoms with E-state index in [4.69, 9.17) is 10.5 Å². The Hall–Kier alpha value is -1.39. The number of carbonyl (C=O) groups is 1. The maximum absolute atomic E-state index is 11.5. The third-order valence-corrected chi connectivity index (χ3v) is 2.51. The Morgan fingerprint density at radius 2 is 2.12 bits per heavy atom. The summed E-state index contributed by atoms with van der Waals surface area (Å²) in [4.78, 5) is 11.5. The van der Waals surface area contributed by atoms with Gasteiger partial charge in [0, 0.05) is 26.1 Å². The predicted molar refractivity (Wildman–Crippen MR) is 67.6 cm³/mol. The van der Waals surface area contributed by atoms with E-state index in [-0.39, 0.29) is 11.9 Å². The Bertz CT molecular complexity index is 327. The molecule has 0 aliphatic rings. The van der Waals surface area contributed by atoms with E-state index in [0.717, 1.165) is 6.42 Å². The summed E-state index contributed by atoms with van der Waals surface area (Å²) in [7, 11) is 1.58. The van der Waals surface area contributed by atoms with Gasteiger partial charge in [-0.3, -0.25) is 4.79 Å². The van der Waals surface area contributed by atoms with Crippen LogP contribution in [-0.4, -0.2) is 32.2 Å². The lowest BCUT2D eigenvalue weighted by molar-refractivity contribution is -0.122. The summed E-state index contributed by atoms with van der Waals surface area (Å²) in [6, 6.07) is 9.99. The number of hydrogen-bond acceptors (Lipinski definition) is 3. The van der Waals surface area contributed by atoms with Gasteiger partial charge < -0.3 is 15.8 Å². The fourth-order valence-corrected chi connectivity index (χ4v) is 1.59. The van der Waals surface area contributed by atoms with Crippen molar-refractivity contribution in [3.8, 4) is 0 Å². The first-order valence-corrected chi connectivity index (χ1v) is 5.78. The standard InChI is InChI=1S/C13H20N2O2/c1-17-8-7-13(16)15-12(10-14)9-11-5-3-2-4-6-11/h2-6,12H,7-10,14H2,1H3,(H,15,16). The molecule has 1 amide bonds. The van der Waals surface area contributed by atoms with Crippen molar-refractivity contribution in [2.24, 2.45) is 5.73 Å². The number of hydrogen-bond donors (Lipinski definition) is 2. The summed E-state index contributed by atoms with van der Waals surface area (Å²) in [5.41, 5.74) is 6.83. The van der Waals surface area contributed by atoms with E-state index in [1.54, 1.807) is 7.11 Å². The molecule has 94 valence electrons. The average molecular weight is 236 g/mol. The van der Waals surface area contributed by atoms with E-state index >= 15 is 0 Å². The molecule has 1 atom stereocenters. The van der Waals surface area contributed by atoms with Crippen molar-refractivity contribution >= 4 is 5.91 Å². The monoisotopic (exact) mass is 236 g/mol. The molecule has 0 aliphatic heterocycles. The van der Waals surface area contributed by atoms with E-state index in [1.807, 2.05) is 30.3 Å². The topological polar surface area (TPSA) is 64.3 Å². The number of ether oxygens (including phenoxy) is 1. The molecule has 0 heterocycles. The highest BCUT2D eigenvalue weighted by Gasteiger charge is 2.10. The molecule has 0 saturated heterocycles. The van der Waals surface area contributed by atoms with Crippen LogP contribution in [0.15, 0.2) is 30.3 Å². The van der Waals surface area contributed by atoms with Crippen molar-refractivity contribution in [1.29, 1.82) is 0 Å². The second-order valence-corrected chi connectivity index (χ2v) is 3.93. The van der Waals surface area contributed by atoms with Crippen LogP contribution in [0.25, 0.3) is 0 Å². The van der Waals surface area contributed by atoms with Gasteiger partial charge in [0.15, 0.2) is 0 Å². The van der Waals surface area contributed by atoms with Gasteiger partial charge in [-0.25, -0.2) is 0 Å². The normalized spacial score (nSPS) is 12.1. The van der Waals surface area contributed by atoms with Gasteiger partial charge in [0.05, 0.1) is 6.61 Å². The highest BCUT2D eigenvalue weighted by molar-refractivity contribution is 5.76. The molecule has 17 heavy (non-hydrogen) atoms. The van der Waals surface area contributed by atoms with E-state index in [0.29, 0.717) is 19.6 Å². The van der Waals surface area contributed by atoms with Gasteiger partial charge in [0.1, 0.15) is 0 Å². The molecule has 0 radical (unpaired) electrons. The molecule has 4 nitrogen and oxygen atoms in total. The molecule has 0 saturated carbocycles. The summed E-state index contributed by atoms with van der Waals surface area (Å²) in [6.07, 6.45) is 1.14. The van der Waals surface area contributed by atoms with Crippen LogP contribution in [0.4, 0.5) is 0 Å². The van der Waals surface area contributed by atoms with Crippen LogP contribution in [0.1, 0.15) is 12.0 Å². The first-order chi connectivity index (χ1) is 8.26. The molecule has 1 rings (SSSR count). The van der Waals surface area contributed by atoms with Gasteiger partial charge in [-0.05, 0) is 12.0 Å². The van der Waals surface area contributed by atoms with Gasteiger partial charge in [-0.15, -0.1) is 0 Å². The van der Waals surface area contributed by atoms with Gasteiger partial charge >= 0.3 is 0 Å². The third-order valence-electron chi connectivity index (χ3n) is 2.51. The first kappa shape index (κ1) is 13.7. The van der Waals surface area contributed by atoms with Crippen molar-refractivity contribution in [3.05, 3.63) is 35.9 Å². The smallest absolute Gasteiger partial charge is 0.222 e. The fraction of sp³-hybridized carbons (Fsp3) is 0.462. The predicted octanol–water partition coefficient (Wildman–Crippen LogP) is 0.709. The molecule has 0 aromatic heterocycles. The maximum atomic E-state index is 11.5. The second kappa shape index (κ2) is 7.81. The Labute approximate surface area is 102 Å². The number of benzene rings is 1. The van der Waals surface area contributed by atoms with Crippen molar-refractivity contribution in [1.82, 2.24) is 5.32 Å². The molecular weight excluding hydrogens is 216 g/mol. The molecule has 1 aromatic rings. The Morgan fingerprint density at radius 3 is 2.71 bits per heavy atom. The minimum Gasteiger partial charge on any atom is -0.384 e. The van der Waals surface area contributed by atoms with Crippen LogP contribution < -0.4 is 11.1 Å². The minimum absolute atomic E-state index is 0.0123. The Morgan fingerprint density at radius 1 is 1.41 bits per heavy atom. The zero-order valence-electron chi connectivity index (χ0n) is 10.2. The lowest BCUT2D eigenvalue weighted by Crippen LogP contribution is -2.41. The Kier molecular flexibility index (Phi) is 6.29. The number of carbonyl (C=O) groups excluding carboxylic acids is 1. The second-order valence-electron chi connectivity index (χ2n) is 3.93. The van der Waals surface area contributed by atoms with Crippen LogP contribution >= 0.6 is 0 Å². The van der Waals surface area contributed by atoms with E-state index in [9.17, 15) is 4.79 Å². The molecular formula is C13H20N2O2. The summed E-state index contributed by atoms with van der Waals surface area (Å²) in [5.74, 6) is -0.0155. The van der Waals surface area contributed by atoms with E-state index < -0.39 is 0 Å². The Balaban J connectivity index is 2.41. The zero-order valence-corrected chi connectivity index (χ0v) is 10.2. The van der Waals surface area contributed by atoms with Gasteiger partial charge in [-0.2, -0.15) is 0 Å². The highest BCUT2D eigenvalue weighted by Crippen LogP contribution is 2.02. The van der Waals surface area contributed by atoms with Crippen molar-refractivity contribution < 1.29 is 9.53 Å². The number of nitrogens with one attached hydrogen (secondary N) is 1. The third kappa shape index (κ3) is 5.47. The lowest BCUT2D eigenvalue weighted by Gasteiger charge is -2.16. The largest absolute Gasteiger partial charge is 0.384 e. The quantitative estimate of drug-likeness (QED) is 0.733. The maximum Gasteiger partial charge on any atom is 0.222 e. The summed E-state index contributed by atoms with van der Waals surface area (Å²) < 4.78 is 4.85. The summed E-state index contributed by atoms with van der Waals surface area (Å²) in [5, 5.41) is 2.91. The number of amides is 1. The van der Waals surface area contributed by atoms with Crippen LogP contribution in [0, 0.1) is 0 Å². The highest BCUT2D eigenvalue weighted by atomic mass is 16.5. The molecule has 1 aromatic carbocycles. The molecule has 4 heteroatoms. The van der Waals surface area contributed by atoms with Crippen molar-refractivity contribution in [3.63, 3.8) is 0 Å². The summed E-state index contributed by atoms with van der Waals surface area (Å²) in [6.45, 7) is 0.877. The molecule has 1 unspecified atom stereocenters. The van der Waals surface area contributed by atoms with Crippen molar-refractivity contribution in [2.75, 3.05) is 20.3 Å². The van der Waals surface area contributed by atoms with Crippen LogP contribution in [-0.2, 0) is 16.0 Å². The molecule has 0 aliphatic carbocycles. The van der Waals surface area contributed by atoms with E-state index in [2.05, 4.69) is 5.32 Å². The van der Waals surface area contributed by atoms with Gasteiger partial charge in [-0.1, -0.05) is 30.3 Å². The summed E-state index contributed by atoms with van der Waals surface area (Å²) >= 11 is 0. The fourth-order valence-electron chi connectivity index (χ4n) is 1.59. The van der Waals surface area contributed by atoms with Crippen molar-refractivity contribution in [2.45, 2.75) is 18.9 Å². The SMILES string of the molecule is COCCC(=O)NC(CN)Cc1ccccc1. The van der Waals surface area contributed by atoms with E-state index in [1.165, 1.54) is 5.56 Å². The van der Waals surface area contributed by atoms with Gasteiger partial charge in [0.2, 0.25) is 5.91 Å². The molecule has 0 fully saturated rings. The average Bonchev–Trinajstić information content (AvgIpc) is 2.36. The molecule has 0 spiro atoms. The van der Waals surface area contributed by atoms with Crippen LogP contribution in [0.3, 0.4) is 0 Å². The van der Waals surface area contributed by atoms with Crippen LogP contribution in [0.2, 0.25) is 0 Å². The molecule has 0 bridgehead atoms. The van der Waals surface area contributed by atoms with Gasteiger partial charge in [0.25, 0.3) is 0 Å². The minimum atomic E-state index is -0.0155. The molecule has 3 N–H and O–H groups in total. The number of rotatable bonds is 7. The first-order valence-electron chi connectivity index (χ1n) is 5.78. The zero-order chi connectivity index (χ0) is 12.5. The lowest BCUT2D eigenvalue weighted by atomic mass is 10.1. The van der Waals surface area contributed by atoms with Crippen LogP contribution in [0.5, 0.6) is 0 Å².